The van der Waals surface area contributed by atoms with E-state index in [0.29, 0.717) is 5.41 Å². The molecule has 0 aliphatic heterocycles. The Balaban J connectivity index is 1.95. The summed E-state index contributed by atoms with van der Waals surface area (Å²) < 4.78 is 1.99. The molecule has 0 aromatic carbocycles. The molecule has 1 aromatic heterocycles. The monoisotopic (exact) mass is 249 g/mol. The van der Waals surface area contributed by atoms with Gasteiger partial charge in [-0.1, -0.05) is 32.1 Å². The van der Waals surface area contributed by atoms with Crippen molar-refractivity contribution in [3.63, 3.8) is 0 Å². The number of aryl methyl sites for hydroxylation is 2. The second-order valence-electron chi connectivity index (χ2n) is 5.92. The van der Waals surface area contributed by atoms with Crippen molar-refractivity contribution in [2.24, 2.45) is 18.2 Å². The highest BCUT2D eigenvalue weighted by Gasteiger charge is 2.28. The molecule has 18 heavy (non-hydrogen) atoms. The van der Waals surface area contributed by atoms with Gasteiger partial charge in [0, 0.05) is 18.9 Å². The molecule has 0 saturated heterocycles. The molecule has 1 heterocycles. The van der Waals surface area contributed by atoms with Crippen LogP contribution in [-0.4, -0.2) is 16.3 Å². The highest BCUT2D eigenvalue weighted by molar-refractivity contribution is 5.01. The second-order valence-corrected chi connectivity index (χ2v) is 5.92. The molecular formula is C15H27N3. The Morgan fingerprint density at radius 3 is 2.44 bits per heavy atom. The van der Waals surface area contributed by atoms with Crippen molar-refractivity contribution in [1.82, 2.24) is 9.78 Å². The van der Waals surface area contributed by atoms with Crippen molar-refractivity contribution in [2.45, 2.75) is 57.8 Å². The summed E-state index contributed by atoms with van der Waals surface area (Å²) in [6.45, 7) is 0.852. The van der Waals surface area contributed by atoms with Crippen molar-refractivity contribution < 1.29 is 0 Å². The first kappa shape index (κ1) is 13.6. The highest BCUT2D eigenvalue weighted by atomic mass is 15.2. The van der Waals surface area contributed by atoms with Gasteiger partial charge in [-0.2, -0.15) is 5.10 Å². The molecule has 0 atom stereocenters. The third-order valence-electron chi connectivity index (χ3n) is 4.68. The number of nitrogens with zero attached hydrogens (tertiary/aromatic N) is 2. The predicted molar refractivity (Wildman–Crippen MR) is 75.3 cm³/mol. The Hall–Kier alpha value is -0.830. The Bertz CT molecular complexity index is 348. The highest BCUT2D eigenvalue weighted by Crippen LogP contribution is 2.37. The fourth-order valence-corrected chi connectivity index (χ4v) is 3.25. The van der Waals surface area contributed by atoms with Gasteiger partial charge in [-0.3, -0.25) is 4.68 Å². The molecule has 102 valence electrons. The minimum atomic E-state index is 0.394. The van der Waals surface area contributed by atoms with Crippen molar-refractivity contribution in [1.29, 1.82) is 0 Å². The Labute approximate surface area is 111 Å². The van der Waals surface area contributed by atoms with Crippen LogP contribution < -0.4 is 5.73 Å². The molecule has 2 rings (SSSR count). The molecule has 1 saturated carbocycles. The maximum absolute atomic E-state index is 6.11. The fraction of sp³-hybridized carbons (Fsp3) is 0.800. The van der Waals surface area contributed by atoms with Gasteiger partial charge in [-0.15, -0.1) is 0 Å². The summed E-state index contributed by atoms with van der Waals surface area (Å²) in [6.07, 6.45) is 13.8. The van der Waals surface area contributed by atoms with E-state index in [1.165, 1.54) is 57.1 Å². The van der Waals surface area contributed by atoms with E-state index < -0.39 is 0 Å². The minimum Gasteiger partial charge on any atom is -0.330 e. The molecule has 3 heteroatoms. The maximum atomic E-state index is 6.11. The van der Waals surface area contributed by atoms with E-state index in [2.05, 4.69) is 11.2 Å². The second kappa shape index (κ2) is 6.37. The van der Waals surface area contributed by atoms with Crippen LogP contribution in [0.3, 0.4) is 0 Å². The van der Waals surface area contributed by atoms with E-state index in [-0.39, 0.29) is 0 Å². The van der Waals surface area contributed by atoms with Gasteiger partial charge < -0.3 is 5.73 Å². The third kappa shape index (κ3) is 3.35. The van der Waals surface area contributed by atoms with Crippen LogP contribution in [0.2, 0.25) is 0 Å². The average molecular weight is 249 g/mol. The van der Waals surface area contributed by atoms with Crippen LogP contribution >= 0.6 is 0 Å². The van der Waals surface area contributed by atoms with E-state index in [4.69, 9.17) is 5.73 Å². The summed E-state index contributed by atoms with van der Waals surface area (Å²) >= 11 is 0. The first-order valence-electron chi connectivity index (χ1n) is 7.43. The molecule has 1 aromatic rings. The Morgan fingerprint density at radius 1 is 1.22 bits per heavy atom. The molecule has 0 spiro atoms. The van der Waals surface area contributed by atoms with Gasteiger partial charge in [0.15, 0.2) is 0 Å². The number of hydrogen-bond acceptors (Lipinski definition) is 2. The van der Waals surface area contributed by atoms with Crippen LogP contribution in [0.1, 0.15) is 57.1 Å². The molecule has 3 nitrogen and oxygen atoms in total. The minimum absolute atomic E-state index is 0.394. The van der Waals surface area contributed by atoms with Gasteiger partial charge in [-0.05, 0) is 43.7 Å². The van der Waals surface area contributed by atoms with Crippen LogP contribution in [0, 0.1) is 5.41 Å². The van der Waals surface area contributed by atoms with Gasteiger partial charge in [-0.25, -0.2) is 0 Å². The van der Waals surface area contributed by atoms with E-state index in [1.54, 1.807) is 0 Å². The van der Waals surface area contributed by atoms with Gasteiger partial charge in [0.2, 0.25) is 0 Å². The number of hydrogen-bond donors (Lipinski definition) is 1. The molecule has 0 amide bonds. The molecule has 0 radical (unpaired) electrons. The van der Waals surface area contributed by atoms with Gasteiger partial charge in [0.25, 0.3) is 0 Å². The third-order valence-corrected chi connectivity index (χ3v) is 4.68. The van der Waals surface area contributed by atoms with Gasteiger partial charge >= 0.3 is 0 Å². The zero-order valence-electron chi connectivity index (χ0n) is 11.7. The number of nitrogens with two attached hydrogens (primary N) is 1. The topological polar surface area (TPSA) is 43.8 Å². The summed E-state index contributed by atoms with van der Waals surface area (Å²) in [6, 6.07) is 2.13. The molecule has 1 fully saturated rings. The first-order chi connectivity index (χ1) is 8.76. The zero-order chi connectivity index (χ0) is 12.8. The fourth-order valence-electron chi connectivity index (χ4n) is 3.25. The van der Waals surface area contributed by atoms with Crippen molar-refractivity contribution in [3.05, 3.63) is 18.0 Å². The van der Waals surface area contributed by atoms with Crippen LogP contribution in [0.25, 0.3) is 0 Å². The number of rotatable bonds is 4. The van der Waals surface area contributed by atoms with Crippen molar-refractivity contribution in [2.75, 3.05) is 6.54 Å². The smallest absolute Gasteiger partial charge is 0.0492 e. The lowest BCUT2D eigenvalue weighted by atomic mass is 9.73. The summed E-state index contributed by atoms with van der Waals surface area (Å²) in [5.74, 6) is 0. The lowest BCUT2D eigenvalue weighted by Crippen LogP contribution is -2.32. The largest absolute Gasteiger partial charge is 0.330 e. The van der Waals surface area contributed by atoms with E-state index in [9.17, 15) is 0 Å². The van der Waals surface area contributed by atoms with Crippen LogP contribution in [0.4, 0.5) is 0 Å². The maximum Gasteiger partial charge on any atom is 0.0492 e. The van der Waals surface area contributed by atoms with Crippen LogP contribution in [0.5, 0.6) is 0 Å². The zero-order valence-corrected chi connectivity index (χ0v) is 11.7. The number of aromatic nitrogens is 2. The Kier molecular flexibility index (Phi) is 4.81. The quantitative estimate of drug-likeness (QED) is 0.891. The van der Waals surface area contributed by atoms with Gasteiger partial charge in [0.05, 0.1) is 0 Å². The first-order valence-corrected chi connectivity index (χ1v) is 7.43. The predicted octanol–water partition coefficient (Wildman–Crippen LogP) is 3.04. The SMILES string of the molecule is Cn1nccc1CCC1(CN)CCCCCCC1. The lowest BCUT2D eigenvalue weighted by molar-refractivity contribution is 0.200. The van der Waals surface area contributed by atoms with Gasteiger partial charge in [0.1, 0.15) is 0 Å². The molecule has 0 unspecified atom stereocenters. The molecule has 1 aliphatic rings. The summed E-state index contributed by atoms with van der Waals surface area (Å²) in [4.78, 5) is 0. The van der Waals surface area contributed by atoms with E-state index in [1.807, 2.05) is 17.9 Å². The normalized spacial score (nSPS) is 20.3. The van der Waals surface area contributed by atoms with E-state index >= 15 is 0 Å². The Morgan fingerprint density at radius 2 is 1.89 bits per heavy atom. The average Bonchev–Trinajstić information content (AvgIpc) is 2.75. The standard InChI is InChI=1S/C15H27N3/c1-18-14(8-12-17-18)7-11-15(13-16)9-5-3-2-4-6-10-15/h8,12H,2-7,9-11,13,16H2,1H3. The molecule has 1 aliphatic carbocycles. The summed E-state index contributed by atoms with van der Waals surface area (Å²) in [7, 11) is 2.03. The van der Waals surface area contributed by atoms with Crippen LogP contribution in [-0.2, 0) is 13.5 Å². The lowest BCUT2D eigenvalue weighted by Gasteiger charge is -2.34. The van der Waals surface area contributed by atoms with E-state index in [0.717, 1.165) is 13.0 Å². The summed E-state index contributed by atoms with van der Waals surface area (Å²) in [5, 5.41) is 4.25. The molecule has 0 bridgehead atoms. The summed E-state index contributed by atoms with van der Waals surface area (Å²) in [5.41, 5.74) is 7.85. The van der Waals surface area contributed by atoms with Crippen molar-refractivity contribution >= 4 is 0 Å². The molecule has 2 N–H and O–H groups in total. The van der Waals surface area contributed by atoms with Crippen molar-refractivity contribution in [3.8, 4) is 0 Å². The van der Waals surface area contributed by atoms with Crippen LogP contribution in [0.15, 0.2) is 12.3 Å². The molecular weight excluding hydrogens is 222 g/mol.